The maximum atomic E-state index is 11.0. The van der Waals surface area contributed by atoms with Crippen molar-refractivity contribution in [3.05, 3.63) is 0 Å². The van der Waals surface area contributed by atoms with Crippen LogP contribution in [0, 0.1) is 11.8 Å². The number of ether oxygens (including phenoxy) is 2. The number of aliphatic hydroxyl groups is 1. The van der Waals surface area contributed by atoms with Gasteiger partial charge < -0.3 is 14.6 Å². The Hall–Kier alpha value is -0.120. The van der Waals surface area contributed by atoms with Crippen LogP contribution in [0.3, 0.4) is 0 Å². The number of hydrogen-bond acceptors (Lipinski definition) is 3. The lowest BCUT2D eigenvalue weighted by atomic mass is 9.70. The van der Waals surface area contributed by atoms with Gasteiger partial charge in [-0.2, -0.15) is 0 Å². The highest BCUT2D eigenvalue weighted by atomic mass is 16.5. The van der Waals surface area contributed by atoms with Crippen LogP contribution in [-0.4, -0.2) is 36.1 Å². The molecule has 3 aliphatic rings. The van der Waals surface area contributed by atoms with Crippen LogP contribution in [0.2, 0.25) is 0 Å². The van der Waals surface area contributed by atoms with Crippen LogP contribution in [0.15, 0.2) is 0 Å². The summed E-state index contributed by atoms with van der Waals surface area (Å²) in [6, 6.07) is 0. The van der Waals surface area contributed by atoms with E-state index >= 15 is 0 Å². The smallest absolute Gasteiger partial charge is 0.0730 e. The first-order valence-corrected chi connectivity index (χ1v) is 7.59. The van der Waals surface area contributed by atoms with Crippen molar-refractivity contribution in [1.29, 1.82) is 0 Å². The predicted molar refractivity (Wildman–Crippen MR) is 69.4 cm³/mol. The second kappa shape index (κ2) is 4.77. The van der Waals surface area contributed by atoms with E-state index in [4.69, 9.17) is 9.47 Å². The molecule has 0 aromatic heterocycles. The molecule has 3 fully saturated rings. The Morgan fingerprint density at radius 1 is 1.06 bits per heavy atom. The zero-order valence-electron chi connectivity index (χ0n) is 11.5. The summed E-state index contributed by atoms with van der Waals surface area (Å²) in [4.78, 5) is 0. The lowest BCUT2D eigenvalue weighted by molar-refractivity contribution is -0.180. The lowest BCUT2D eigenvalue weighted by Crippen LogP contribution is -2.51. The molecule has 0 amide bonds. The van der Waals surface area contributed by atoms with E-state index in [1.165, 1.54) is 12.8 Å². The molecule has 2 saturated heterocycles. The average Bonchev–Trinajstić information content (AvgIpc) is 2.72. The topological polar surface area (TPSA) is 38.7 Å². The molecule has 2 aliphatic heterocycles. The molecule has 0 bridgehead atoms. The minimum absolute atomic E-state index is 0.0131. The Labute approximate surface area is 110 Å². The molecule has 18 heavy (non-hydrogen) atoms. The fraction of sp³-hybridized carbons (Fsp3) is 1.00. The molecule has 3 unspecified atom stereocenters. The first-order chi connectivity index (χ1) is 8.65. The van der Waals surface area contributed by atoms with Gasteiger partial charge in [0, 0.05) is 19.8 Å². The van der Waals surface area contributed by atoms with Crippen molar-refractivity contribution in [2.45, 2.75) is 63.1 Å². The van der Waals surface area contributed by atoms with E-state index in [0.29, 0.717) is 11.8 Å². The van der Waals surface area contributed by atoms with Crippen molar-refractivity contribution in [2.75, 3.05) is 19.8 Å². The van der Waals surface area contributed by atoms with Gasteiger partial charge in [-0.15, -0.1) is 0 Å². The van der Waals surface area contributed by atoms with Gasteiger partial charge in [0.1, 0.15) is 0 Å². The summed E-state index contributed by atoms with van der Waals surface area (Å²) in [5.74, 6) is 0.888. The van der Waals surface area contributed by atoms with Gasteiger partial charge in [0.15, 0.2) is 0 Å². The lowest BCUT2D eigenvalue weighted by Gasteiger charge is -2.48. The molecular formula is C15H26O3. The molecule has 0 radical (unpaired) electrons. The van der Waals surface area contributed by atoms with Crippen molar-refractivity contribution in [2.24, 2.45) is 11.8 Å². The molecular weight excluding hydrogens is 228 g/mol. The van der Waals surface area contributed by atoms with E-state index in [1.54, 1.807) is 0 Å². The summed E-state index contributed by atoms with van der Waals surface area (Å²) in [5, 5.41) is 11.0. The highest BCUT2D eigenvalue weighted by molar-refractivity contribution is 5.01. The Bertz CT molecular complexity index is 293. The maximum Gasteiger partial charge on any atom is 0.0730 e. The highest BCUT2D eigenvalue weighted by Gasteiger charge is 2.50. The van der Waals surface area contributed by atoms with Crippen LogP contribution in [0.1, 0.15) is 51.9 Å². The van der Waals surface area contributed by atoms with E-state index in [2.05, 4.69) is 6.92 Å². The molecule has 104 valence electrons. The predicted octanol–water partition coefficient (Wildman–Crippen LogP) is 2.51. The van der Waals surface area contributed by atoms with Crippen molar-refractivity contribution in [3.63, 3.8) is 0 Å². The minimum atomic E-state index is -0.422. The standard InChI is InChI=1S/C15H26O3/c1-12-3-2-5-15(12,16)13-4-8-18-14(11-13)6-9-17-10-7-14/h12-13,16H,2-11H2,1H3. The molecule has 2 heterocycles. The van der Waals surface area contributed by atoms with Crippen molar-refractivity contribution < 1.29 is 14.6 Å². The summed E-state index contributed by atoms with van der Waals surface area (Å²) in [6.07, 6.45) is 7.45. The molecule has 0 aromatic rings. The second-order valence-electron chi connectivity index (χ2n) is 6.62. The van der Waals surface area contributed by atoms with Gasteiger partial charge in [-0.1, -0.05) is 13.3 Å². The van der Waals surface area contributed by atoms with Crippen LogP contribution in [0.25, 0.3) is 0 Å². The van der Waals surface area contributed by atoms with Crippen LogP contribution in [0.5, 0.6) is 0 Å². The second-order valence-corrected chi connectivity index (χ2v) is 6.62. The van der Waals surface area contributed by atoms with Crippen LogP contribution in [-0.2, 0) is 9.47 Å². The molecule has 0 aromatic carbocycles. The van der Waals surface area contributed by atoms with Gasteiger partial charge in [-0.05, 0) is 50.4 Å². The Morgan fingerprint density at radius 2 is 1.83 bits per heavy atom. The largest absolute Gasteiger partial charge is 0.389 e. The quantitative estimate of drug-likeness (QED) is 0.781. The van der Waals surface area contributed by atoms with E-state index in [-0.39, 0.29) is 5.60 Å². The monoisotopic (exact) mass is 254 g/mol. The highest BCUT2D eigenvalue weighted by Crippen LogP contribution is 2.48. The third-order valence-electron chi connectivity index (χ3n) is 5.67. The third kappa shape index (κ3) is 2.10. The average molecular weight is 254 g/mol. The SMILES string of the molecule is CC1CCCC1(O)C1CCOC2(CCOCC2)C1. The summed E-state index contributed by atoms with van der Waals surface area (Å²) < 4.78 is 11.5. The summed E-state index contributed by atoms with van der Waals surface area (Å²) in [7, 11) is 0. The van der Waals surface area contributed by atoms with E-state index in [0.717, 1.165) is 51.9 Å². The van der Waals surface area contributed by atoms with Crippen molar-refractivity contribution >= 4 is 0 Å². The van der Waals surface area contributed by atoms with Crippen LogP contribution >= 0.6 is 0 Å². The number of rotatable bonds is 1. The van der Waals surface area contributed by atoms with E-state index in [9.17, 15) is 5.11 Å². The van der Waals surface area contributed by atoms with Crippen molar-refractivity contribution in [3.8, 4) is 0 Å². The van der Waals surface area contributed by atoms with Gasteiger partial charge in [0.05, 0.1) is 11.2 Å². The van der Waals surface area contributed by atoms with Crippen LogP contribution in [0.4, 0.5) is 0 Å². The van der Waals surface area contributed by atoms with Crippen molar-refractivity contribution in [1.82, 2.24) is 0 Å². The minimum Gasteiger partial charge on any atom is -0.389 e. The van der Waals surface area contributed by atoms with Gasteiger partial charge in [-0.3, -0.25) is 0 Å². The van der Waals surface area contributed by atoms with Gasteiger partial charge in [0.25, 0.3) is 0 Å². The van der Waals surface area contributed by atoms with E-state index < -0.39 is 5.60 Å². The van der Waals surface area contributed by atoms with Crippen LogP contribution < -0.4 is 0 Å². The Kier molecular flexibility index (Phi) is 3.41. The fourth-order valence-electron chi connectivity index (χ4n) is 4.34. The molecule has 3 heteroatoms. The zero-order valence-corrected chi connectivity index (χ0v) is 11.5. The fourth-order valence-corrected chi connectivity index (χ4v) is 4.34. The molecule has 3 nitrogen and oxygen atoms in total. The molecule has 1 saturated carbocycles. The molecule has 3 rings (SSSR count). The first-order valence-electron chi connectivity index (χ1n) is 7.59. The van der Waals surface area contributed by atoms with Gasteiger partial charge >= 0.3 is 0 Å². The Morgan fingerprint density at radius 3 is 2.50 bits per heavy atom. The molecule has 3 atom stereocenters. The summed E-state index contributed by atoms with van der Waals surface area (Å²) >= 11 is 0. The van der Waals surface area contributed by atoms with E-state index in [1.807, 2.05) is 0 Å². The summed E-state index contributed by atoms with van der Waals surface area (Å²) in [6.45, 7) is 4.68. The first kappa shape index (κ1) is 12.9. The summed E-state index contributed by atoms with van der Waals surface area (Å²) in [5.41, 5.74) is -0.408. The Balaban J connectivity index is 1.73. The van der Waals surface area contributed by atoms with Gasteiger partial charge in [0.2, 0.25) is 0 Å². The molecule has 1 N–H and O–H groups in total. The maximum absolute atomic E-state index is 11.0. The molecule has 1 spiro atoms. The third-order valence-corrected chi connectivity index (χ3v) is 5.67. The normalized spacial score (nSPS) is 44.3. The molecule has 1 aliphatic carbocycles. The van der Waals surface area contributed by atoms with Gasteiger partial charge in [-0.25, -0.2) is 0 Å². The number of hydrogen-bond donors (Lipinski definition) is 1. The zero-order chi connectivity index (χ0) is 12.6.